The fourth-order valence-electron chi connectivity index (χ4n) is 2.01. The number of nitrogens with zero attached hydrogens (tertiary/aromatic N) is 5. The molecule has 0 bridgehead atoms. The van der Waals surface area contributed by atoms with E-state index >= 15 is 0 Å². The number of β-amino-alcohol motifs (C(OH)–C–C–N with tert-alkyl or cyclic N) is 2. The molecule has 2 aromatic rings. The molecule has 0 aliphatic carbocycles. The van der Waals surface area contributed by atoms with Crippen LogP contribution in [0.15, 0.2) is 16.8 Å². The number of hydrogen-bond donors (Lipinski definition) is 2. The van der Waals surface area contributed by atoms with E-state index in [9.17, 15) is 15.0 Å². The van der Waals surface area contributed by atoms with Gasteiger partial charge in [-0.3, -0.25) is 4.79 Å². The van der Waals surface area contributed by atoms with Crippen LogP contribution in [0.3, 0.4) is 0 Å². The lowest BCUT2D eigenvalue weighted by Crippen LogP contribution is -2.33. The van der Waals surface area contributed by atoms with Gasteiger partial charge in [0, 0.05) is 24.0 Å². The van der Waals surface area contributed by atoms with Gasteiger partial charge >= 0.3 is 0 Å². The molecule has 9 heteroatoms. The monoisotopic (exact) mass is 295 g/mol. The number of rotatable bonds is 3. The Bertz CT molecular complexity index is 589. The molecule has 2 atom stereocenters. The standard InChI is InChI=1S/C11H13N5O3S/c17-8-3-15(4-9(8)18)10(19)5-16-13-11(12-14-16)7-1-2-20-6-7/h1-2,6,8-9,17-18H,3-5H2. The molecular weight excluding hydrogens is 282 g/mol. The van der Waals surface area contributed by atoms with Crippen LogP contribution < -0.4 is 0 Å². The topological polar surface area (TPSA) is 104 Å². The van der Waals surface area contributed by atoms with E-state index in [4.69, 9.17) is 0 Å². The SMILES string of the molecule is O=C(Cn1nnc(-c2ccsc2)n1)N1CC(O)C(O)C1. The number of aliphatic hydroxyl groups is 2. The smallest absolute Gasteiger partial charge is 0.246 e. The van der Waals surface area contributed by atoms with Crippen molar-refractivity contribution in [2.24, 2.45) is 0 Å². The Morgan fingerprint density at radius 2 is 2.15 bits per heavy atom. The van der Waals surface area contributed by atoms with Crippen molar-refractivity contribution in [2.45, 2.75) is 18.8 Å². The third-order valence-electron chi connectivity index (χ3n) is 3.12. The molecule has 0 spiro atoms. The van der Waals surface area contributed by atoms with Crippen molar-refractivity contribution in [3.8, 4) is 11.4 Å². The molecule has 1 aliphatic rings. The van der Waals surface area contributed by atoms with Gasteiger partial charge in [-0.1, -0.05) is 0 Å². The number of thiophene rings is 1. The number of amides is 1. The molecule has 0 saturated carbocycles. The predicted octanol–water partition coefficient (Wildman–Crippen LogP) is -1.03. The van der Waals surface area contributed by atoms with Gasteiger partial charge in [0.1, 0.15) is 6.54 Å². The molecule has 2 unspecified atom stereocenters. The summed E-state index contributed by atoms with van der Waals surface area (Å²) in [7, 11) is 0. The number of aliphatic hydroxyl groups excluding tert-OH is 2. The largest absolute Gasteiger partial charge is 0.388 e. The first-order chi connectivity index (χ1) is 9.63. The van der Waals surface area contributed by atoms with Crippen LogP contribution in [-0.4, -0.2) is 66.5 Å². The second-order valence-electron chi connectivity index (χ2n) is 4.59. The Labute approximate surface area is 118 Å². The summed E-state index contributed by atoms with van der Waals surface area (Å²) < 4.78 is 0. The summed E-state index contributed by atoms with van der Waals surface area (Å²) in [6.07, 6.45) is -1.77. The second kappa shape index (κ2) is 5.27. The third-order valence-corrected chi connectivity index (χ3v) is 3.80. The molecule has 3 heterocycles. The van der Waals surface area contributed by atoms with Crippen LogP contribution in [0.2, 0.25) is 0 Å². The van der Waals surface area contributed by atoms with E-state index in [2.05, 4.69) is 15.4 Å². The van der Waals surface area contributed by atoms with Gasteiger partial charge in [-0.25, -0.2) is 0 Å². The minimum absolute atomic E-state index is 0.0590. The number of carbonyl (C=O) groups is 1. The van der Waals surface area contributed by atoms with Crippen molar-refractivity contribution in [2.75, 3.05) is 13.1 Å². The average Bonchev–Trinajstić information content (AvgIpc) is 3.11. The minimum Gasteiger partial charge on any atom is -0.388 e. The van der Waals surface area contributed by atoms with Gasteiger partial charge in [-0.05, 0) is 16.7 Å². The second-order valence-corrected chi connectivity index (χ2v) is 5.37. The van der Waals surface area contributed by atoms with E-state index in [-0.39, 0.29) is 25.5 Å². The Hall–Kier alpha value is -1.84. The van der Waals surface area contributed by atoms with Crippen LogP contribution in [0, 0.1) is 0 Å². The van der Waals surface area contributed by atoms with E-state index in [1.807, 2.05) is 16.8 Å². The fourth-order valence-corrected chi connectivity index (χ4v) is 2.65. The van der Waals surface area contributed by atoms with Crippen molar-refractivity contribution < 1.29 is 15.0 Å². The quantitative estimate of drug-likeness (QED) is 0.750. The first-order valence-electron chi connectivity index (χ1n) is 6.08. The van der Waals surface area contributed by atoms with Crippen LogP contribution in [0.25, 0.3) is 11.4 Å². The lowest BCUT2D eigenvalue weighted by atomic mass is 10.3. The van der Waals surface area contributed by atoms with E-state index in [0.29, 0.717) is 5.82 Å². The van der Waals surface area contributed by atoms with E-state index in [1.54, 1.807) is 0 Å². The van der Waals surface area contributed by atoms with E-state index < -0.39 is 12.2 Å². The van der Waals surface area contributed by atoms with Crippen molar-refractivity contribution in [3.63, 3.8) is 0 Å². The Kier molecular flexibility index (Phi) is 3.47. The van der Waals surface area contributed by atoms with Gasteiger partial charge < -0.3 is 15.1 Å². The molecule has 0 aromatic carbocycles. The van der Waals surface area contributed by atoms with Gasteiger partial charge in [0.25, 0.3) is 0 Å². The lowest BCUT2D eigenvalue weighted by molar-refractivity contribution is -0.131. The molecule has 2 N–H and O–H groups in total. The summed E-state index contributed by atoms with van der Waals surface area (Å²) in [6.45, 7) is 0.203. The molecule has 0 radical (unpaired) electrons. The number of hydrogen-bond acceptors (Lipinski definition) is 7. The highest BCUT2D eigenvalue weighted by molar-refractivity contribution is 7.08. The molecule has 1 aliphatic heterocycles. The van der Waals surface area contributed by atoms with Crippen molar-refractivity contribution in [1.82, 2.24) is 25.1 Å². The maximum atomic E-state index is 12.0. The van der Waals surface area contributed by atoms with E-state index in [0.717, 1.165) is 5.56 Å². The molecule has 106 valence electrons. The van der Waals surface area contributed by atoms with Crippen LogP contribution in [-0.2, 0) is 11.3 Å². The molecule has 3 rings (SSSR count). The Balaban J connectivity index is 1.65. The summed E-state index contributed by atoms with van der Waals surface area (Å²) in [4.78, 5) is 14.6. The normalized spacial score (nSPS) is 22.4. The molecule has 2 aromatic heterocycles. The van der Waals surface area contributed by atoms with Crippen LogP contribution in [0.4, 0.5) is 0 Å². The van der Waals surface area contributed by atoms with Gasteiger partial charge in [-0.2, -0.15) is 16.1 Å². The van der Waals surface area contributed by atoms with Crippen molar-refractivity contribution in [1.29, 1.82) is 0 Å². The maximum absolute atomic E-state index is 12.0. The third kappa shape index (κ3) is 2.55. The molecule has 1 fully saturated rings. The first-order valence-corrected chi connectivity index (χ1v) is 7.02. The zero-order chi connectivity index (χ0) is 14.1. The van der Waals surface area contributed by atoms with Crippen LogP contribution in [0.1, 0.15) is 0 Å². The highest BCUT2D eigenvalue weighted by Gasteiger charge is 2.32. The number of likely N-dealkylation sites (tertiary alicyclic amines) is 1. The number of carbonyl (C=O) groups excluding carboxylic acids is 1. The van der Waals surface area contributed by atoms with Crippen molar-refractivity contribution >= 4 is 17.2 Å². The minimum atomic E-state index is -0.885. The molecule has 1 saturated heterocycles. The van der Waals surface area contributed by atoms with Gasteiger partial charge in [0.2, 0.25) is 11.7 Å². The van der Waals surface area contributed by atoms with Crippen molar-refractivity contribution in [3.05, 3.63) is 16.8 Å². The zero-order valence-electron chi connectivity index (χ0n) is 10.5. The summed E-state index contributed by atoms with van der Waals surface area (Å²) in [5, 5.41) is 34.5. The van der Waals surface area contributed by atoms with Gasteiger partial charge in [-0.15, -0.1) is 10.2 Å². The lowest BCUT2D eigenvalue weighted by Gasteiger charge is -2.14. The van der Waals surface area contributed by atoms with E-state index in [1.165, 1.54) is 21.0 Å². The molecule has 8 nitrogen and oxygen atoms in total. The maximum Gasteiger partial charge on any atom is 0.246 e. The summed E-state index contributed by atoms with van der Waals surface area (Å²) in [5.41, 5.74) is 0.862. The Morgan fingerprint density at radius 1 is 1.40 bits per heavy atom. The van der Waals surface area contributed by atoms with Gasteiger partial charge in [0.15, 0.2) is 0 Å². The van der Waals surface area contributed by atoms with Gasteiger partial charge in [0.05, 0.1) is 12.2 Å². The highest BCUT2D eigenvalue weighted by atomic mass is 32.1. The summed E-state index contributed by atoms with van der Waals surface area (Å²) >= 11 is 1.53. The summed E-state index contributed by atoms with van der Waals surface area (Å²) in [5.74, 6) is 0.218. The molecule has 20 heavy (non-hydrogen) atoms. The zero-order valence-corrected chi connectivity index (χ0v) is 11.3. The number of tetrazole rings is 1. The molecule has 1 amide bonds. The molecular formula is C11H13N5O3S. The highest BCUT2D eigenvalue weighted by Crippen LogP contribution is 2.16. The average molecular weight is 295 g/mol. The Morgan fingerprint density at radius 3 is 2.80 bits per heavy atom. The predicted molar refractivity (Wildman–Crippen MR) is 69.7 cm³/mol. The first kappa shape index (κ1) is 13.2. The summed E-state index contributed by atoms with van der Waals surface area (Å²) in [6, 6.07) is 1.88. The van der Waals surface area contributed by atoms with Crippen LogP contribution in [0.5, 0.6) is 0 Å². The fraction of sp³-hybridized carbons (Fsp3) is 0.455. The number of aromatic nitrogens is 4. The van der Waals surface area contributed by atoms with Crippen LogP contribution >= 0.6 is 11.3 Å².